The van der Waals surface area contributed by atoms with Crippen molar-refractivity contribution in [2.24, 2.45) is 10.8 Å². The lowest BCUT2D eigenvalue weighted by Crippen LogP contribution is -2.44. The largest absolute Gasteiger partial charge is 0.456 e. The summed E-state index contributed by atoms with van der Waals surface area (Å²) in [7, 11) is -2.46. The summed E-state index contributed by atoms with van der Waals surface area (Å²) < 4.78 is 75.6. The van der Waals surface area contributed by atoms with Crippen molar-refractivity contribution in [1.82, 2.24) is 0 Å². The van der Waals surface area contributed by atoms with Crippen LogP contribution in [0.3, 0.4) is 0 Å². The fourth-order valence-corrected chi connectivity index (χ4v) is 8.43. The molecule has 0 aromatic heterocycles. The molecular weight excluding hydrogens is 378 g/mol. The highest BCUT2D eigenvalue weighted by Crippen LogP contribution is 2.49. The standard InChI is InChI=1S/C6H18OSi2.C5H6F6.C5H12/c1-8(2,3)7-9(4,5)6;1-3(2,4(6,7)8)5(9,10)11;1-5(2,3)4/h1-6H3;1-2H3;1-4H3. The molecule has 0 spiro atoms. The first kappa shape index (κ1) is 29.7. The zero-order chi connectivity index (χ0) is 21.7. The monoisotopic (exact) mass is 414 g/mol. The molecule has 0 saturated carbocycles. The number of halogens is 6. The quantitative estimate of drug-likeness (QED) is 0.330. The molecule has 0 aromatic carbocycles. The molecule has 25 heavy (non-hydrogen) atoms. The molecular formula is C16H36F6OSi2. The normalized spacial score (nSPS) is 14.2. The van der Waals surface area contributed by atoms with Gasteiger partial charge in [-0.2, -0.15) is 26.3 Å². The van der Waals surface area contributed by atoms with Crippen LogP contribution in [0, 0.1) is 10.8 Å². The predicted octanol–water partition coefficient (Wildman–Crippen LogP) is 7.86. The molecule has 0 bridgehead atoms. The van der Waals surface area contributed by atoms with Gasteiger partial charge in [0.05, 0.1) is 0 Å². The van der Waals surface area contributed by atoms with Crippen molar-refractivity contribution >= 4 is 16.6 Å². The minimum atomic E-state index is -5.24. The Morgan fingerprint density at radius 3 is 0.680 bits per heavy atom. The van der Waals surface area contributed by atoms with E-state index in [4.69, 9.17) is 4.12 Å². The Morgan fingerprint density at radius 2 is 0.680 bits per heavy atom. The van der Waals surface area contributed by atoms with Gasteiger partial charge in [0, 0.05) is 0 Å². The van der Waals surface area contributed by atoms with Gasteiger partial charge in [0.25, 0.3) is 0 Å². The van der Waals surface area contributed by atoms with E-state index < -0.39 is 34.4 Å². The molecule has 0 aliphatic carbocycles. The van der Waals surface area contributed by atoms with Gasteiger partial charge in [-0.3, -0.25) is 0 Å². The maximum absolute atomic E-state index is 11.6. The first-order valence-electron chi connectivity index (χ1n) is 8.04. The van der Waals surface area contributed by atoms with Crippen LogP contribution >= 0.6 is 0 Å². The van der Waals surface area contributed by atoms with Crippen molar-refractivity contribution in [2.45, 2.75) is 93.2 Å². The molecule has 0 aliphatic heterocycles. The van der Waals surface area contributed by atoms with Gasteiger partial charge in [-0.1, -0.05) is 27.7 Å². The zero-order valence-electron chi connectivity index (χ0n) is 17.7. The summed E-state index contributed by atoms with van der Waals surface area (Å²) in [6.07, 6.45) is -10.5. The minimum Gasteiger partial charge on any atom is -0.456 e. The van der Waals surface area contributed by atoms with Crippen LogP contribution in [0.5, 0.6) is 0 Å². The summed E-state index contributed by atoms with van der Waals surface area (Å²) in [6.45, 7) is 22.4. The third-order valence-electron chi connectivity index (χ3n) is 2.03. The van der Waals surface area contributed by atoms with Gasteiger partial charge in [0.15, 0.2) is 22.0 Å². The molecule has 1 nitrogen and oxygen atoms in total. The number of hydrogen-bond donors (Lipinski definition) is 0. The van der Waals surface area contributed by atoms with Gasteiger partial charge >= 0.3 is 12.4 Å². The van der Waals surface area contributed by atoms with Gasteiger partial charge in [-0.25, -0.2) is 0 Å². The molecule has 0 amide bonds. The lowest BCUT2D eigenvalue weighted by molar-refractivity contribution is -0.327. The highest BCUT2D eigenvalue weighted by molar-refractivity contribution is 6.83. The van der Waals surface area contributed by atoms with E-state index in [1.807, 2.05) is 0 Å². The molecule has 0 unspecified atom stereocenters. The minimum absolute atomic E-state index is 0.104. The SMILES string of the molecule is CC(C)(C(F)(F)F)C(F)(F)F.CC(C)(C)C.C[Si](C)(C)O[Si](C)(C)C. The lowest BCUT2D eigenvalue weighted by atomic mass is 9.92. The third-order valence-corrected chi connectivity index (χ3v) is 6.93. The van der Waals surface area contributed by atoms with E-state index in [9.17, 15) is 26.3 Å². The molecule has 0 rings (SSSR count). The topological polar surface area (TPSA) is 9.23 Å². The van der Waals surface area contributed by atoms with Crippen LogP contribution in [-0.2, 0) is 4.12 Å². The highest BCUT2D eigenvalue weighted by atomic mass is 28.4. The molecule has 9 heteroatoms. The maximum atomic E-state index is 11.6. The van der Waals surface area contributed by atoms with E-state index in [0.29, 0.717) is 5.41 Å². The summed E-state index contributed by atoms with van der Waals surface area (Å²) in [5.74, 6) is 0. The second kappa shape index (κ2) is 9.26. The van der Waals surface area contributed by atoms with Crippen LogP contribution in [0.1, 0.15) is 41.5 Å². The zero-order valence-corrected chi connectivity index (χ0v) is 19.7. The average Bonchev–Trinajstić information content (AvgIpc) is 2.04. The average molecular weight is 415 g/mol. The molecule has 0 fully saturated rings. The number of rotatable bonds is 2. The first-order valence-corrected chi connectivity index (χ1v) is 14.9. The van der Waals surface area contributed by atoms with Crippen molar-refractivity contribution < 1.29 is 30.5 Å². The van der Waals surface area contributed by atoms with E-state index >= 15 is 0 Å². The molecule has 0 saturated heterocycles. The molecule has 0 heterocycles. The van der Waals surface area contributed by atoms with Crippen LogP contribution in [0.4, 0.5) is 26.3 Å². The summed E-state index contributed by atoms with van der Waals surface area (Å²) in [5, 5.41) is 0. The third kappa shape index (κ3) is 20.1. The van der Waals surface area contributed by atoms with Crippen LogP contribution in [0.25, 0.3) is 0 Å². The van der Waals surface area contributed by atoms with E-state index in [0.717, 1.165) is 0 Å². The molecule has 0 atom stereocenters. The van der Waals surface area contributed by atoms with Gasteiger partial charge in [-0.05, 0) is 58.5 Å². The first-order chi connectivity index (χ1) is 10.2. The Bertz CT molecular complexity index is 335. The van der Waals surface area contributed by atoms with E-state index in [2.05, 4.69) is 67.0 Å². The Kier molecular flexibility index (Phi) is 11.0. The number of alkyl halides is 6. The summed E-state index contributed by atoms with van der Waals surface area (Å²) in [6, 6.07) is 0. The second-order valence-electron chi connectivity index (χ2n) is 9.95. The van der Waals surface area contributed by atoms with E-state index in [1.54, 1.807) is 0 Å². The van der Waals surface area contributed by atoms with Crippen molar-refractivity contribution in [2.75, 3.05) is 0 Å². The molecule has 0 N–H and O–H groups in total. The van der Waals surface area contributed by atoms with Crippen LogP contribution in [-0.4, -0.2) is 29.0 Å². The Hall–Kier alpha value is -0.0262. The van der Waals surface area contributed by atoms with Gasteiger partial charge in [0.2, 0.25) is 0 Å². The van der Waals surface area contributed by atoms with Crippen molar-refractivity contribution in [3.8, 4) is 0 Å². The predicted molar refractivity (Wildman–Crippen MR) is 98.8 cm³/mol. The maximum Gasteiger partial charge on any atom is 0.402 e. The van der Waals surface area contributed by atoms with Crippen LogP contribution in [0.2, 0.25) is 39.3 Å². The van der Waals surface area contributed by atoms with Crippen LogP contribution < -0.4 is 0 Å². The Labute approximate surface area is 151 Å². The fraction of sp³-hybridized carbons (Fsp3) is 1.00. The van der Waals surface area contributed by atoms with Gasteiger partial charge < -0.3 is 4.12 Å². The van der Waals surface area contributed by atoms with E-state index in [1.165, 1.54) is 0 Å². The smallest absolute Gasteiger partial charge is 0.402 e. The second-order valence-corrected chi connectivity index (χ2v) is 19.2. The van der Waals surface area contributed by atoms with Gasteiger partial charge in [-0.15, -0.1) is 0 Å². The van der Waals surface area contributed by atoms with Crippen LogP contribution in [0.15, 0.2) is 0 Å². The van der Waals surface area contributed by atoms with Crippen molar-refractivity contribution in [3.05, 3.63) is 0 Å². The van der Waals surface area contributed by atoms with Crippen molar-refractivity contribution in [3.63, 3.8) is 0 Å². The summed E-state index contributed by atoms with van der Waals surface area (Å²) >= 11 is 0. The Balaban J connectivity index is -0.000000311. The molecule has 0 aliphatic rings. The summed E-state index contributed by atoms with van der Waals surface area (Å²) in [4.78, 5) is 0. The Morgan fingerprint density at radius 1 is 0.520 bits per heavy atom. The molecule has 0 radical (unpaired) electrons. The summed E-state index contributed by atoms with van der Waals surface area (Å²) in [5.41, 5.74) is -3.12. The van der Waals surface area contributed by atoms with Crippen molar-refractivity contribution in [1.29, 1.82) is 0 Å². The van der Waals surface area contributed by atoms with E-state index in [-0.39, 0.29) is 13.8 Å². The van der Waals surface area contributed by atoms with Gasteiger partial charge in [0.1, 0.15) is 0 Å². The number of hydrogen-bond acceptors (Lipinski definition) is 1. The fourth-order valence-electron chi connectivity index (χ4n) is 1.08. The molecule has 156 valence electrons. The lowest BCUT2D eigenvalue weighted by Gasteiger charge is -2.29. The highest BCUT2D eigenvalue weighted by Gasteiger charge is 2.64. The molecule has 0 aromatic rings.